The second kappa shape index (κ2) is 5.11. The van der Waals surface area contributed by atoms with Gasteiger partial charge in [0.2, 0.25) is 0 Å². The molecule has 88 valence electrons. The van der Waals surface area contributed by atoms with E-state index in [2.05, 4.69) is 4.90 Å². The molecule has 2 aromatic carbocycles. The van der Waals surface area contributed by atoms with Crippen molar-refractivity contribution in [3.05, 3.63) is 53.6 Å². The van der Waals surface area contributed by atoms with Crippen molar-refractivity contribution < 1.29 is 4.74 Å². The second-order valence-corrected chi connectivity index (χ2v) is 4.17. The molecule has 0 unspecified atom stereocenters. The predicted molar refractivity (Wildman–Crippen MR) is 72.5 cm³/mol. The average Bonchev–Trinajstić information content (AvgIpc) is 2.39. The summed E-state index contributed by atoms with van der Waals surface area (Å²) in [5.74, 6) is 0.859. The van der Waals surface area contributed by atoms with E-state index in [0.29, 0.717) is 0 Å². The molecule has 0 bridgehead atoms. The highest BCUT2D eigenvalue weighted by molar-refractivity contribution is 6.30. The molecule has 0 aromatic heterocycles. The molecule has 0 atom stereocenters. The lowest BCUT2D eigenvalue weighted by Crippen LogP contribution is -2.08. The third-order valence-electron chi connectivity index (χ3n) is 2.67. The molecule has 0 aliphatic heterocycles. The maximum atomic E-state index is 5.87. The smallest absolute Gasteiger partial charge is 0.119 e. The topological polar surface area (TPSA) is 12.5 Å². The number of hydrogen-bond donors (Lipinski definition) is 0. The molecule has 0 amide bonds. The van der Waals surface area contributed by atoms with Gasteiger partial charge in [-0.05, 0) is 48.5 Å². The monoisotopic (exact) mass is 247 g/mol. The number of hydrogen-bond acceptors (Lipinski definition) is 2. The van der Waals surface area contributed by atoms with E-state index in [1.807, 2.05) is 55.6 Å². The van der Waals surface area contributed by atoms with Gasteiger partial charge in [0.05, 0.1) is 7.11 Å². The minimum Gasteiger partial charge on any atom is -0.497 e. The molecule has 0 aliphatic rings. The summed E-state index contributed by atoms with van der Waals surface area (Å²) in [5.41, 5.74) is 2.20. The van der Waals surface area contributed by atoms with E-state index in [1.54, 1.807) is 7.11 Å². The number of anilines is 2. The fourth-order valence-corrected chi connectivity index (χ4v) is 1.75. The van der Waals surface area contributed by atoms with Crippen LogP contribution in [-0.2, 0) is 0 Å². The van der Waals surface area contributed by atoms with Gasteiger partial charge in [-0.25, -0.2) is 0 Å². The quantitative estimate of drug-likeness (QED) is 0.809. The maximum absolute atomic E-state index is 5.87. The van der Waals surface area contributed by atoms with Crippen molar-refractivity contribution in [2.45, 2.75) is 0 Å². The minimum atomic E-state index is 0.747. The van der Waals surface area contributed by atoms with Gasteiger partial charge in [0.25, 0.3) is 0 Å². The van der Waals surface area contributed by atoms with Gasteiger partial charge in [0, 0.05) is 23.4 Å². The first-order valence-corrected chi connectivity index (χ1v) is 5.72. The van der Waals surface area contributed by atoms with Crippen LogP contribution in [0.4, 0.5) is 11.4 Å². The van der Waals surface area contributed by atoms with Crippen molar-refractivity contribution in [1.29, 1.82) is 0 Å². The van der Waals surface area contributed by atoms with Crippen molar-refractivity contribution in [3.63, 3.8) is 0 Å². The number of methoxy groups -OCH3 is 1. The molecular formula is C14H14ClNO. The van der Waals surface area contributed by atoms with E-state index >= 15 is 0 Å². The van der Waals surface area contributed by atoms with Crippen LogP contribution in [0, 0.1) is 0 Å². The Morgan fingerprint density at radius 3 is 1.82 bits per heavy atom. The van der Waals surface area contributed by atoms with Crippen LogP contribution in [0.1, 0.15) is 0 Å². The first kappa shape index (κ1) is 11.8. The molecule has 2 aromatic rings. The van der Waals surface area contributed by atoms with E-state index in [0.717, 1.165) is 22.1 Å². The third-order valence-corrected chi connectivity index (χ3v) is 2.93. The molecule has 17 heavy (non-hydrogen) atoms. The van der Waals surface area contributed by atoms with Crippen molar-refractivity contribution in [3.8, 4) is 5.75 Å². The van der Waals surface area contributed by atoms with Crippen LogP contribution in [0.5, 0.6) is 5.75 Å². The molecule has 3 heteroatoms. The molecule has 0 saturated heterocycles. The van der Waals surface area contributed by atoms with Crippen molar-refractivity contribution in [2.75, 3.05) is 19.1 Å². The molecule has 0 N–H and O–H groups in total. The first-order valence-electron chi connectivity index (χ1n) is 5.34. The van der Waals surface area contributed by atoms with E-state index in [-0.39, 0.29) is 0 Å². The van der Waals surface area contributed by atoms with Crippen molar-refractivity contribution in [1.82, 2.24) is 0 Å². The van der Waals surface area contributed by atoms with Gasteiger partial charge in [-0.2, -0.15) is 0 Å². The van der Waals surface area contributed by atoms with Gasteiger partial charge in [-0.3, -0.25) is 0 Å². The number of rotatable bonds is 3. The number of ether oxygens (including phenoxy) is 1. The van der Waals surface area contributed by atoms with E-state index in [4.69, 9.17) is 16.3 Å². The van der Waals surface area contributed by atoms with E-state index in [9.17, 15) is 0 Å². The van der Waals surface area contributed by atoms with Crippen molar-refractivity contribution in [2.24, 2.45) is 0 Å². The summed E-state index contributed by atoms with van der Waals surface area (Å²) in [7, 11) is 3.68. The Balaban J connectivity index is 2.23. The Kier molecular flexibility index (Phi) is 3.55. The molecule has 0 heterocycles. The highest BCUT2D eigenvalue weighted by Crippen LogP contribution is 2.26. The molecule has 0 radical (unpaired) electrons. The van der Waals surface area contributed by atoms with Gasteiger partial charge in [0.15, 0.2) is 0 Å². The lowest BCUT2D eigenvalue weighted by molar-refractivity contribution is 0.415. The van der Waals surface area contributed by atoms with Gasteiger partial charge in [-0.15, -0.1) is 0 Å². The molecule has 2 nitrogen and oxygen atoms in total. The van der Waals surface area contributed by atoms with Crippen LogP contribution in [0.25, 0.3) is 0 Å². The molecule has 0 saturated carbocycles. The largest absolute Gasteiger partial charge is 0.497 e. The molecule has 0 fully saturated rings. The Labute approximate surface area is 106 Å². The van der Waals surface area contributed by atoms with Gasteiger partial charge in [-0.1, -0.05) is 11.6 Å². The molecular weight excluding hydrogens is 234 g/mol. The Morgan fingerprint density at radius 2 is 1.35 bits per heavy atom. The zero-order valence-corrected chi connectivity index (χ0v) is 10.6. The summed E-state index contributed by atoms with van der Waals surface area (Å²) in [6.07, 6.45) is 0. The van der Waals surface area contributed by atoms with Gasteiger partial charge in [0.1, 0.15) is 5.75 Å². The average molecular weight is 248 g/mol. The summed E-state index contributed by atoms with van der Waals surface area (Å²) in [4.78, 5) is 2.09. The summed E-state index contributed by atoms with van der Waals surface area (Å²) in [6.45, 7) is 0. The van der Waals surface area contributed by atoms with Gasteiger partial charge >= 0.3 is 0 Å². The Morgan fingerprint density at radius 1 is 0.882 bits per heavy atom. The third kappa shape index (κ3) is 2.71. The van der Waals surface area contributed by atoms with Crippen LogP contribution >= 0.6 is 11.6 Å². The summed E-state index contributed by atoms with van der Waals surface area (Å²) >= 11 is 5.87. The number of nitrogens with zero attached hydrogens (tertiary/aromatic N) is 1. The summed E-state index contributed by atoms with van der Waals surface area (Å²) < 4.78 is 5.13. The molecule has 2 rings (SSSR count). The van der Waals surface area contributed by atoms with Crippen LogP contribution in [0.3, 0.4) is 0 Å². The normalized spacial score (nSPS) is 10.1. The van der Waals surface area contributed by atoms with E-state index in [1.165, 1.54) is 0 Å². The lowest BCUT2D eigenvalue weighted by atomic mass is 10.2. The number of halogens is 1. The van der Waals surface area contributed by atoms with Crippen LogP contribution < -0.4 is 9.64 Å². The Hall–Kier alpha value is -1.67. The predicted octanol–water partition coefficient (Wildman–Crippen LogP) is 4.12. The highest BCUT2D eigenvalue weighted by Gasteiger charge is 2.03. The lowest BCUT2D eigenvalue weighted by Gasteiger charge is -2.19. The zero-order valence-electron chi connectivity index (χ0n) is 9.85. The van der Waals surface area contributed by atoms with Crippen LogP contribution in [-0.4, -0.2) is 14.2 Å². The molecule has 0 spiro atoms. The molecule has 0 aliphatic carbocycles. The number of benzene rings is 2. The summed E-state index contributed by atoms with van der Waals surface area (Å²) in [5, 5.41) is 0.747. The van der Waals surface area contributed by atoms with Crippen LogP contribution in [0.15, 0.2) is 48.5 Å². The van der Waals surface area contributed by atoms with E-state index < -0.39 is 0 Å². The summed E-state index contributed by atoms with van der Waals surface area (Å²) in [6, 6.07) is 15.7. The van der Waals surface area contributed by atoms with Crippen molar-refractivity contribution >= 4 is 23.0 Å². The second-order valence-electron chi connectivity index (χ2n) is 3.73. The Bertz CT molecular complexity index is 479. The fraction of sp³-hybridized carbons (Fsp3) is 0.143. The highest BCUT2D eigenvalue weighted by atomic mass is 35.5. The SMILES string of the molecule is COc1ccc(N(C)c2ccc(Cl)cc2)cc1. The first-order chi connectivity index (χ1) is 8.20. The minimum absolute atomic E-state index is 0.747. The van der Waals surface area contributed by atoms with Gasteiger partial charge < -0.3 is 9.64 Å². The fourth-order valence-electron chi connectivity index (χ4n) is 1.62. The zero-order chi connectivity index (χ0) is 12.3. The standard InChI is InChI=1S/C14H14ClNO/c1-16(12-5-3-11(15)4-6-12)13-7-9-14(17-2)10-8-13/h3-10H,1-2H3. The van der Waals surface area contributed by atoms with Crippen LogP contribution in [0.2, 0.25) is 5.02 Å². The maximum Gasteiger partial charge on any atom is 0.119 e.